The monoisotopic (exact) mass is 338 g/mol. The lowest BCUT2D eigenvalue weighted by Gasteiger charge is -2.37. The molecule has 2 aliphatic rings. The fraction of sp³-hybridized carbons (Fsp3) is 0.474. The van der Waals surface area contributed by atoms with Crippen molar-refractivity contribution >= 4 is 22.7 Å². The number of rotatable bonds is 3. The highest BCUT2D eigenvalue weighted by molar-refractivity contribution is 6.03. The molecular formula is C19H22N4O2. The lowest BCUT2D eigenvalue weighted by molar-refractivity contribution is -0.128. The van der Waals surface area contributed by atoms with Crippen molar-refractivity contribution in [3.8, 4) is 0 Å². The summed E-state index contributed by atoms with van der Waals surface area (Å²) in [4.78, 5) is 37.7. The van der Waals surface area contributed by atoms with Crippen LogP contribution in [-0.2, 0) is 4.79 Å². The molecule has 6 heteroatoms. The molecule has 0 N–H and O–H groups in total. The molecule has 6 nitrogen and oxygen atoms in total. The van der Waals surface area contributed by atoms with E-state index >= 15 is 0 Å². The van der Waals surface area contributed by atoms with E-state index in [1.807, 2.05) is 28.0 Å². The number of pyridine rings is 2. The molecule has 1 unspecified atom stereocenters. The molecule has 0 aromatic carbocycles. The molecule has 0 saturated carbocycles. The van der Waals surface area contributed by atoms with E-state index in [1.165, 1.54) is 0 Å². The van der Waals surface area contributed by atoms with Crippen LogP contribution in [0.15, 0.2) is 30.6 Å². The summed E-state index contributed by atoms with van der Waals surface area (Å²) in [6.45, 7) is 2.17. The van der Waals surface area contributed by atoms with Crippen LogP contribution in [0.3, 0.4) is 0 Å². The summed E-state index contributed by atoms with van der Waals surface area (Å²) in [5, 5.41) is 0.920. The van der Waals surface area contributed by atoms with Crippen molar-refractivity contribution in [2.75, 3.05) is 19.6 Å². The Bertz CT molecular complexity index is 802. The summed E-state index contributed by atoms with van der Waals surface area (Å²) < 4.78 is 0. The highest BCUT2D eigenvalue weighted by Gasteiger charge is 2.32. The Hall–Kier alpha value is -2.50. The zero-order chi connectivity index (χ0) is 17.2. The van der Waals surface area contributed by atoms with E-state index in [-0.39, 0.29) is 17.9 Å². The average Bonchev–Trinajstić information content (AvgIpc) is 3.06. The molecule has 130 valence electrons. The second-order valence-electron chi connectivity index (χ2n) is 6.83. The molecular weight excluding hydrogens is 316 g/mol. The second-order valence-corrected chi connectivity index (χ2v) is 6.83. The molecule has 0 radical (unpaired) electrons. The van der Waals surface area contributed by atoms with Crippen LogP contribution < -0.4 is 0 Å². The molecule has 0 bridgehead atoms. The van der Waals surface area contributed by atoms with E-state index in [4.69, 9.17) is 0 Å². The number of hydrogen-bond donors (Lipinski definition) is 0. The summed E-state index contributed by atoms with van der Waals surface area (Å²) >= 11 is 0. The first kappa shape index (κ1) is 16.0. The van der Waals surface area contributed by atoms with Gasteiger partial charge in [0.15, 0.2) is 5.69 Å². The first-order chi connectivity index (χ1) is 12.2. The predicted molar refractivity (Wildman–Crippen MR) is 94.0 cm³/mol. The molecule has 2 aromatic heterocycles. The van der Waals surface area contributed by atoms with Gasteiger partial charge in [0.25, 0.3) is 5.91 Å². The summed E-state index contributed by atoms with van der Waals surface area (Å²) in [5.74, 6) is 0.142. The fourth-order valence-electron chi connectivity index (χ4n) is 3.91. The number of hydrogen-bond acceptors (Lipinski definition) is 4. The molecule has 4 rings (SSSR count). The van der Waals surface area contributed by atoms with E-state index in [0.717, 1.165) is 44.2 Å². The third-order valence-corrected chi connectivity index (χ3v) is 5.21. The Morgan fingerprint density at radius 2 is 2.04 bits per heavy atom. The van der Waals surface area contributed by atoms with Crippen LogP contribution in [0.4, 0.5) is 0 Å². The zero-order valence-corrected chi connectivity index (χ0v) is 14.2. The van der Waals surface area contributed by atoms with Gasteiger partial charge >= 0.3 is 0 Å². The van der Waals surface area contributed by atoms with Crippen LogP contribution in [-0.4, -0.2) is 57.3 Å². The maximum absolute atomic E-state index is 13.2. The van der Waals surface area contributed by atoms with Crippen LogP contribution in [0, 0.1) is 0 Å². The second kappa shape index (κ2) is 6.78. The fourth-order valence-corrected chi connectivity index (χ4v) is 3.91. The van der Waals surface area contributed by atoms with Gasteiger partial charge in [0, 0.05) is 49.9 Å². The van der Waals surface area contributed by atoms with Crippen molar-refractivity contribution in [1.82, 2.24) is 19.8 Å². The van der Waals surface area contributed by atoms with Gasteiger partial charge in [-0.2, -0.15) is 0 Å². The number of piperidine rings is 1. The van der Waals surface area contributed by atoms with Crippen LogP contribution in [0.25, 0.3) is 10.9 Å². The Balaban J connectivity index is 1.61. The number of carbonyl (C=O) groups excluding carboxylic acids is 2. The third-order valence-electron chi connectivity index (χ3n) is 5.21. The van der Waals surface area contributed by atoms with Crippen molar-refractivity contribution in [3.05, 3.63) is 36.3 Å². The van der Waals surface area contributed by atoms with E-state index in [0.29, 0.717) is 24.2 Å². The molecule has 0 spiro atoms. The number of carbonyl (C=O) groups is 2. The minimum Gasteiger partial charge on any atom is -0.341 e. The summed E-state index contributed by atoms with van der Waals surface area (Å²) in [5.41, 5.74) is 1.06. The normalized spacial score (nSPS) is 21.1. The van der Waals surface area contributed by atoms with Gasteiger partial charge in [-0.25, -0.2) is 4.98 Å². The van der Waals surface area contributed by atoms with Gasteiger partial charge < -0.3 is 9.80 Å². The molecule has 4 heterocycles. The van der Waals surface area contributed by atoms with Gasteiger partial charge in [-0.15, -0.1) is 0 Å². The first-order valence-electron chi connectivity index (χ1n) is 9.02. The van der Waals surface area contributed by atoms with Crippen LogP contribution >= 0.6 is 0 Å². The van der Waals surface area contributed by atoms with Gasteiger partial charge in [0.1, 0.15) is 5.52 Å². The Labute approximate surface area is 146 Å². The molecule has 2 aromatic rings. The van der Waals surface area contributed by atoms with Crippen molar-refractivity contribution < 1.29 is 9.59 Å². The number of likely N-dealkylation sites (tertiary alicyclic amines) is 2. The van der Waals surface area contributed by atoms with E-state index < -0.39 is 0 Å². The summed E-state index contributed by atoms with van der Waals surface area (Å²) in [7, 11) is 0. The van der Waals surface area contributed by atoms with Crippen LogP contribution in [0.5, 0.6) is 0 Å². The average molecular weight is 338 g/mol. The molecule has 2 fully saturated rings. The molecule has 25 heavy (non-hydrogen) atoms. The topological polar surface area (TPSA) is 66.4 Å². The number of aromatic nitrogens is 2. The third kappa shape index (κ3) is 3.08. The molecule has 0 aliphatic carbocycles. The Morgan fingerprint density at radius 1 is 1.12 bits per heavy atom. The lowest BCUT2D eigenvalue weighted by Crippen LogP contribution is -2.50. The van der Waals surface area contributed by atoms with Gasteiger partial charge in [-0.05, 0) is 37.8 Å². The zero-order valence-electron chi connectivity index (χ0n) is 14.2. The van der Waals surface area contributed by atoms with Crippen LogP contribution in [0.1, 0.15) is 42.6 Å². The summed E-state index contributed by atoms with van der Waals surface area (Å²) in [6, 6.07) is 5.75. The van der Waals surface area contributed by atoms with Gasteiger partial charge in [-0.1, -0.05) is 6.07 Å². The minimum atomic E-state index is -0.0688. The SMILES string of the molecule is O=C1CCCN1CC1CCCCN1C(=O)c1nccc2cccnc12. The number of amides is 2. The summed E-state index contributed by atoms with van der Waals surface area (Å²) in [6.07, 6.45) is 7.95. The highest BCUT2D eigenvalue weighted by Crippen LogP contribution is 2.24. The first-order valence-corrected chi connectivity index (χ1v) is 9.02. The number of nitrogens with zero attached hydrogens (tertiary/aromatic N) is 4. The van der Waals surface area contributed by atoms with Gasteiger partial charge in [0.2, 0.25) is 5.91 Å². The molecule has 2 aliphatic heterocycles. The van der Waals surface area contributed by atoms with Gasteiger partial charge in [-0.3, -0.25) is 14.6 Å². The number of fused-ring (bicyclic) bond motifs is 1. The van der Waals surface area contributed by atoms with Crippen molar-refractivity contribution in [2.24, 2.45) is 0 Å². The predicted octanol–water partition coefficient (Wildman–Crippen LogP) is 2.25. The molecule has 1 atom stereocenters. The lowest BCUT2D eigenvalue weighted by atomic mass is 10.0. The minimum absolute atomic E-state index is 0.0688. The van der Waals surface area contributed by atoms with E-state index in [1.54, 1.807) is 12.4 Å². The van der Waals surface area contributed by atoms with Gasteiger partial charge in [0.05, 0.1) is 0 Å². The maximum atomic E-state index is 13.2. The quantitative estimate of drug-likeness (QED) is 0.861. The van der Waals surface area contributed by atoms with E-state index in [9.17, 15) is 9.59 Å². The van der Waals surface area contributed by atoms with Crippen molar-refractivity contribution in [1.29, 1.82) is 0 Å². The van der Waals surface area contributed by atoms with Crippen LogP contribution in [0.2, 0.25) is 0 Å². The smallest absolute Gasteiger partial charge is 0.275 e. The largest absolute Gasteiger partial charge is 0.341 e. The highest BCUT2D eigenvalue weighted by atomic mass is 16.2. The molecule has 2 amide bonds. The standard InChI is InChI=1S/C19H22N4O2/c24-16-7-4-11-22(16)13-15-6-1-2-12-23(15)19(25)18-17-14(8-10-21-18)5-3-9-20-17/h3,5,8-10,15H,1-2,4,6-7,11-13H2. The Kier molecular flexibility index (Phi) is 4.34. The van der Waals surface area contributed by atoms with Crippen molar-refractivity contribution in [3.63, 3.8) is 0 Å². The van der Waals surface area contributed by atoms with E-state index in [2.05, 4.69) is 9.97 Å². The Morgan fingerprint density at radius 3 is 2.88 bits per heavy atom. The van der Waals surface area contributed by atoms with Crippen molar-refractivity contribution in [2.45, 2.75) is 38.1 Å². The molecule has 2 saturated heterocycles. The maximum Gasteiger partial charge on any atom is 0.275 e.